The van der Waals surface area contributed by atoms with Crippen LogP contribution < -0.4 is 16.0 Å². The third kappa shape index (κ3) is 1.80. The van der Waals surface area contributed by atoms with Crippen LogP contribution in [0.15, 0.2) is 0 Å². The molecule has 0 aromatic carbocycles. The highest BCUT2D eigenvalue weighted by Gasteiger charge is 2.58. The van der Waals surface area contributed by atoms with Gasteiger partial charge in [-0.25, -0.2) is 4.79 Å². The van der Waals surface area contributed by atoms with E-state index in [1.807, 2.05) is 0 Å². The largest absolute Gasteiger partial charge is 0.337 e. The maximum Gasteiger partial charge on any atom is 0.322 e. The predicted octanol–water partition coefficient (Wildman–Crippen LogP) is -0.521. The fraction of sp³-hybridized carbons (Fsp3) is 0.818. The number of hydrogen-bond acceptors (Lipinski definition) is 2. The third-order valence-corrected chi connectivity index (χ3v) is 3.31. The van der Waals surface area contributed by atoms with Crippen LogP contribution >= 0.6 is 0 Å². The van der Waals surface area contributed by atoms with Crippen molar-refractivity contribution in [1.29, 1.82) is 0 Å². The lowest BCUT2D eigenvalue weighted by Crippen LogP contribution is -3.07. The van der Waals surface area contributed by atoms with Crippen LogP contribution in [-0.2, 0) is 4.79 Å². The van der Waals surface area contributed by atoms with Gasteiger partial charge in [0.2, 0.25) is 0 Å². The first-order valence-corrected chi connectivity index (χ1v) is 5.65. The minimum Gasteiger partial charge on any atom is -0.337 e. The highest BCUT2D eigenvalue weighted by Crippen LogP contribution is 2.32. The molecular formula is C11H20N3O2+. The lowest BCUT2D eigenvalue weighted by molar-refractivity contribution is -0.789. The van der Waals surface area contributed by atoms with Crippen molar-refractivity contribution in [3.8, 4) is 0 Å². The molecule has 2 heterocycles. The summed E-state index contributed by atoms with van der Waals surface area (Å²) in [6, 6.07) is -0.362. The quantitative estimate of drug-likeness (QED) is 0.486. The van der Waals surface area contributed by atoms with Crippen LogP contribution in [0.1, 0.15) is 40.5 Å². The van der Waals surface area contributed by atoms with Gasteiger partial charge in [0.1, 0.15) is 5.54 Å². The van der Waals surface area contributed by atoms with Gasteiger partial charge in [0.25, 0.3) is 5.91 Å². The summed E-state index contributed by atoms with van der Waals surface area (Å²) in [6.07, 6.45) is 1.34. The molecule has 2 aliphatic heterocycles. The predicted molar refractivity (Wildman–Crippen MR) is 58.7 cm³/mol. The van der Waals surface area contributed by atoms with E-state index < -0.39 is 5.54 Å². The monoisotopic (exact) mass is 226 g/mol. The summed E-state index contributed by atoms with van der Waals surface area (Å²) < 4.78 is 0. The third-order valence-electron chi connectivity index (χ3n) is 3.31. The van der Waals surface area contributed by atoms with Gasteiger partial charge in [0.15, 0.2) is 0 Å². The van der Waals surface area contributed by atoms with Gasteiger partial charge in [0.05, 0.1) is 11.1 Å². The number of imide groups is 1. The molecular weight excluding hydrogens is 206 g/mol. The summed E-state index contributed by atoms with van der Waals surface area (Å²) in [5.41, 5.74) is -0.799. The van der Waals surface area contributed by atoms with Crippen molar-refractivity contribution in [1.82, 2.24) is 10.6 Å². The average molecular weight is 226 g/mol. The van der Waals surface area contributed by atoms with Gasteiger partial charge < -0.3 is 10.6 Å². The molecule has 5 nitrogen and oxygen atoms in total. The average Bonchev–Trinajstić information content (AvgIpc) is 2.17. The lowest BCUT2D eigenvalue weighted by atomic mass is 9.71. The molecule has 3 amide bonds. The number of quaternary nitrogens is 1. The van der Waals surface area contributed by atoms with Gasteiger partial charge in [-0.2, -0.15) is 0 Å². The van der Waals surface area contributed by atoms with Gasteiger partial charge in [-0.15, -0.1) is 0 Å². The maximum absolute atomic E-state index is 11.9. The van der Waals surface area contributed by atoms with E-state index in [1.165, 1.54) is 0 Å². The molecule has 0 radical (unpaired) electrons. The van der Waals surface area contributed by atoms with Crippen LogP contribution in [0.2, 0.25) is 0 Å². The molecule has 0 bridgehead atoms. The Morgan fingerprint density at radius 3 is 1.94 bits per heavy atom. The van der Waals surface area contributed by atoms with Crippen LogP contribution in [0.25, 0.3) is 0 Å². The number of urea groups is 1. The molecule has 0 aliphatic carbocycles. The van der Waals surface area contributed by atoms with Crippen molar-refractivity contribution < 1.29 is 14.9 Å². The number of nitrogens with two attached hydrogens (primary N) is 1. The van der Waals surface area contributed by atoms with Gasteiger partial charge in [0, 0.05) is 12.8 Å². The zero-order valence-electron chi connectivity index (χ0n) is 10.3. The summed E-state index contributed by atoms with van der Waals surface area (Å²) in [5.74, 6) is -0.174. The number of nitrogens with one attached hydrogen (secondary N) is 2. The molecule has 90 valence electrons. The Kier molecular flexibility index (Phi) is 2.11. The van der Waals surface area contributed by atoms with Crippen LogP contribution in [0.3, 0.4) is 0 Å². The van der Waals surface area contributed by atoms with Crippen molar-refractivity contribution in [2.24, 2.45) is 0 Å². The van der Waals surface area contributed by atoms with E-state index in [-0.39, 0.29) is 23.0 Å². The van der Waals surface area contributed by atoms with Gasteiger partial charge in [-0.05, 0) is 27.7 Å². The second kappa shape index (κ2) is 2.97. The van der Waals surface area contributed by atoms with Crippen LogP contribution in [0.4, 0.5) is 4.79 Å². The number of piperidine rings is 1. The summed E-state index contributed by atoms with van der Waals surface area (Å²) in [7, 11) is 0. The molecule has 0 aromatic rings. The molecule has 16 heavy (non-hydrogen) atoms. The Bertz CT molecular complexity index is 344. The van der Waals surface area contributed by atoms with Crippen LogP contribution in [0, 0.1) is 0 Å². The molecule has 0 atom stereocenters. The number of hydrogen-bond donors (Lipinski definition) is 3. The summed E-state index contributed by atoms with van der Waals surface area (Å²) in [5, 5.41) is 7.44. The molecule has 4 N–H and O–H groups in total. The first kappa shape index (κ1) is 11.4. The maximum atomic E-state index is 11.9. The SMILES string of the molecule is CC1(C)CC2(CC(C)(C)[NH2+]1)NC(=O)NC2=O. The molecule has 2 saturated heterocycles. The van der Waals surface area contributed by atoms with Crippen molar-refractivity contribution in [3.63, 3.8) is 0 Å². The molecule has 0 unspecified atom stereocenters. The zero-order chi connectivity index (χ0) is 12.2. The van der Waals surface area contributed by atoms with Crippen LogP contribution in [0.5, 0.6) is 0 Å². The summed E-state index contributed by atoms with van der Waals surface area (Å²) >= 11 is 0. The summed E-state index contributed by atoms with van der Waals surface area (Å²) in [6.45, 7) is 8.42. The Morgan fingerprint density at radius 1 is 1.06 bits per heavy atom. The van der Waals surface area contributed by atoms with E-state index in [9.17, 15) is 9.59 Å². The highest BCUT2D eigenvalue weighted by atomic mass is 16.2. The zero-order valence-corrected chi connectivity index (χ0v) is 10.3. The minimum absolute atomic E-state index is 0.0449. The fourth-order valence-electron chi connectivity index (χ4n) is 3.55. The second-order valence-corrected chi connectivity index (χ2v) is 6.47. The number of carbonyl (C=O) groups excluding carboxylic acids is 2. The second-order valence-electron chi connectivity index (χ2n) is 6.47. The molecule has 2 rings (SSSR count). The number of rotatable bonds is 0. The van der Waals surface area contributed by atoms with Crippen molar-refractivity contribution >= 4 is 11.9 Å². The van der Waals surface area contributed by atoms with Crippen molar-refractivity contribution in [2.45, 2.75) is 57.2 Å². The van der Waals surface area contributed by atoms with Gasteiger partial charge in [-0.3, -0.25) is 10.1 Å². The van der Waals surface area contributed by atoms with E-state index in [0.717, 1.165) is 0 Å². The van der Waals surface area contributed by atoms with Crippen molar-refractivity contribution in [2.75, 3.05) is 0 Å². The Balaban J connectivity index is 2.35. The van der Waals surface area contributed by atoms with Crippen molar-refractivity contribution in [3.05, 3.63) is 0 Å². The molecule has 2 fully saturated rings. The van der Waals surface area contributed by atoms with E-state index in [2.05, 4.69) is 43.6 Å². The molecule has 5 heteroatoms. The first-order chi connectivity index (χ1) is 7.14. The molecule has 0 saturated carbocycles. The van der Waals surface area contributed by atoms with E-state index in [0.29, 0.717) is 12.8 Å². The van der Waals surface area contributed by atoms with Crippen LogP contribution in [-0.4, -0.2) is 28.6 Å². The lowest BCUT2D eigenvalue weighted by Gasteiger charge is -2.46. The van der Waals surface area contributed by atoms with E-state index in [1.54, 1.807) is 0 Å². The molecule has 0 aromatic heterocycles. The number of carbonyl (C=O) groups is 2. The standard InChI is InChI=1S/C11H19N3O2/c1-9(2)5-11(6-10(3,4)14-9)7(15)12-8(16)13-11/h14H,5-6H2,1-4H3,(H2,12,13,15,16)/p+1. The minimum atomic E-state index is -0.709. The smallest absolute Gasteiger partial charge is 0.322 e. The van der Waals surface area contributed by atoms with E-state index in [4.69, 9.17) is 0 Å². The van der Waals surface area contributed by atoms with Gasteiger partial charge in [-0.1, -0.05) is 0 Å². The highest BCUT2D eigenvalue weighted by molar-refractivity contribution is 6.07. The molecule has 1 spiro atoms. The Labute approximate surface area is 95.3 Å². The fourth-order valence-corrected chi connectivity index (χ4v) is 3.55. The molecule has 2 aliphatic rings. The Morgan fingerprint density at radius 2 is 1.56 bits per heavy atom. The first-order valence-electron chi connectivity index (χ1n) is 5.65. The normalized spacial score (nSPS) is 30.0. The van der Waals surface area contributed by atoms with Gasteiger partial charge >= 0.3 is 6.03 Å². The van der Waals surface area contributed by atoms with E-state index >= 15 is 0 Å². The topological polar surface area (TPSA) is 74.8 Å². The summed E-state index contributed by atoms with van der Waals surface area (Å²) in [4.78, 5) is 23.2. The number of amides is 3. The Hall–Kier alpha value is -1.10.